The van der Waals surface area contributed by atoms with Crippen LogP contribution in [-0.2, 0) is 4.79 Å². The number of piperazine rings is 1. The summed E-state index contributed by atoms with van der Waals surface area (Å²) in [5.74, 6) is -2.24. The number of hydrogen-bond acceptors (Lipinski definition) is 7. The lowest BCUT2D eigenvalue weighted by Crippen LogP contribution is -2.49. The Labute approximate surface area is 277 Å². The van der Waals surface area contributed by atoms with Gasteiger partial charge in [-0.2, -0.15) is 5.26 Å². The van der Waals surface area contributed by atoms with Crippen LogP contribution in [0.15, 0.2) is 35.8 Å². The molecule has 0 saturated carbocycles. The number of hydrogen-bond donors (Lipinski definition) is 1. The number of aromatic hydroxyl groups is 1. The molecule has 0 atom stereocenters. The van der Waals surface area contributed by atoms with E-state index in [0.717, 1.165) is 0 Å². The highest BCUT2D eigenvalue weighted by Gasteiger charge is 2.31. The van der Waals surface area contributed by atoms with Crippen molar-refractivity contribution < 1.29 is 14.3 Å². The van der Waals surface area contributed by atoms with Crippen molar-refractivity contribution in [2.45, 2.75) is 26.7 Å². The van der Waals surface area contributed by atoms with Gasteiger partial charge < -0.3 is 14.9 Å². The molecule has 14 heteroatoms. The number of anilines is 1. The van der Waals surface area contributed by atoms with Crippen LogP contribution in [0.2, 0.25) is 20.1 Å². The minimum Gasteiger partial charge on any atom is -0.506 e. The predicted molar refractivity (Wildman–Crippen MR) is 175 cm³/mol. The lowest BCUT2D eigenvalue weighted by atomic mass is 10.0. The van der Waals surface area contributed by atoms with Gasteiger partial charge in [0.1, 0.15) is 28.1 Å². The Morgan fingerprint density at radius 3 is 2.40 bits per heavy atom. The van der Waals surface area contributed by atoms with Gasteiger partial charge >= 0.3 is 0 Å². The molecule has 1 aliphatic rings. The van der Waals surface area contributed by atoms with Crippen molar-refractivity contribution in [1.29, 1.82) is 5.26 Å². The molecule has 45 heavy (non-hydrogen) atoms. The lowest BCUT2D eigenvalue weighted by molar-refractivity contribution is -0.126. The zero-order valence-corrected chi connectivity index (χ0v) is 27.3. The predicted octanol–water partition coefficient (Wildman–Crippen LogP) is 7.04. The molecule has 9 nitrogen and oxygen atoms in total. The van der Waals surface area contributed by atoms with Gasteiger partial charge in [0, 0.05) is 37.8 Å². The molecule has 5 rings (SSSR count). The number of nitriles is 1. The minimum absolute atomic E-state index is 0.0544. The first-order chi connectivity index (χ1) is 21.3. The second-order valence-electron chi connectivity index (χ2n) is 10.7. The highest BCUT2D eigenvalue weighted by molar-refractivity contribution is 6.46. The number of rotatable bonds is 5. The van der Waals surface area contributed by atoms with Crippen molar-refractivity contribution in [2.75, 3.05) is 31.1 Å². The van der Waals surface area contributed by atoms with Crippen LogP contribution >= 0.6 is 46.4 Å². The zero-order valence-electron chi connectivity index (χ0n) is 24.3. The Morgan fingerprint density at radius 2 is 1.80 bits per heavy atom. The maximum Gasteiger partial charge on any atom is 0.276 e. The summed E-state index contributed by atoms with van der Waals surface area (Å²) in [5, 5.41) is 19.9. The van der Waals surface area contributed by atoms with Crippen LogP contribution in [0, 0.1) is 24.1 Å². The molecule has 4 aromatic rings. The van der Waals surface area contributed by atoms with Gasteiger partial charge in [0.25, 0.3) is 5.56 Å². The molecule has 1 aromatic carbocycles. The van der Waals surface area contributed by atoms with Crippen LogP contribution in [0.3, 0.4) is 0 Å². The summed E-state index contributed by atoms with van der Waals surface area (Å²) in [4.78, 5) is 39.4. The number of pyridine rings is 3. The summed E-state index contributed by atoms with van der Waals surface area (Å²) in [6.45, 7) is 10.4. The lowest BCUT2D eigenvalue weighted by Gasteiger charge is -2.36. The number of amides is 1. The number of nitrogens with zero attached hydrogens (tertiary/aromatic N) is 6. The zero-order chi connectivity index (χ0) is 32.9. The number of phenolic OH excluding ortho intramolecular Hbond substituents is 1. The third-order valence-electron chi connectivity index (χ3n) is 7.67. The molecule has 4 heterocycles. The second kappa shape index (κ2) is 12.5. The Hall–Kier alpha value is -3.88. The molecular formula is C31H25Cl4FN6O3. The molecule has 0 aliphatic carbocycles. The van der Waals surface area contributed by atoms with Gasteiger partial charge in [-0.25, -0.2) is 9.37 Å². The average molecular weight is 690 g/mol. The smallest absolute Gasteiger partial charge is 0.276 e. The van der Waals surface area contributed by atoms with E-state index in [4.69, 9.17) is 51.4 Å². The third-order valence-corrected chi connectivity index (χ3v) is 9.14. The van der Waals surface area contributed by atoms with E-state index in [2.05, 4.69) is 17.6 Å². The van der Waals surface area contributed by atoms with Gasteiger partial charge in [-0.05, 0) is 36.6 Å². The molecule has 1 fully saturated rings. The molecule has 0 radical (unpaired) electrons. The van der Waals surface area contributed by atoms with Crippen LogP contribution in [0.5, 0.6) is 5.75 Å². The largest absolute Gasteiger partial charge is 0.506 e. The van der Waals surface area contributed by atoms with Gasteiger partial charge in [-0.3, -0.25) is 19.1 Å². The molecule has 3 aromatic heterocycles. The van der Waals surface area contributed by atoms with Crippen LogP contribution in [0.1, 0.15) is 36.6 Å². The van der Waals surface area contributed by atoms with E-state index in [0.29, 0.717) is 48.5 Å². The van der Waals surface area contributed by atoms with Crippen LogP contribution in [0.4, 0.5) is 10.1 Å². The minimum atomic E-state index is -1.12. The number of carbonyl (C=O) groups excluding carboxylic acids is 1. The molecule has 1 aliphatic heterocycles. The molecule has 1 saturated heterocycles. The number of fused-ring (bicyclic) bond motifs is 1. The summed E-state index contributed by atoms with van der Waals surface area (Å²) in [5.41, 5.74) is 0.787. The van der Waals surface area contributed by atoms with E-state index in [1.807, 2.05) is 18.7 Å². The summed E-state index contributed by atoms with van der Waals surface area (Å²) < 4.78 is 15.9. The molecule has 0 bridgehead atoms. The SMILES string of the molecule is C=CC(=O)N1CCN(c2c(C#N)c(=O)n(-c3c(C)ccnc3C(C)C)c3nc(-c4c(O)c(Cl)c(F)c(Cl)c4Cl)c(Cl)cc23)CC1. The van der Waals surface area contributed by atoms with Crippen molar-refractivity contribution in [1.82, 2.24) is 19.4 Å². The molecule has 1 N–H and O–H groups in total. The number of aromatic nitrogens is 3. The number of halogens is 5. The van der Waals surface area contributed by atoms with Gasteiger partial charge in [0.2, 0.25) is 5.91 Å². The van der Waals surface area contributed by atoms with E-state index >= 15 is 0 Å². The Bertz CT molecular complexity index is 1990. The van der Waals surface area contributed by atoms with Crippen molar-refractivity contribution in [2.24, 2.45) is 0 Å². The molecule has 232 valence electrons. The average Bonchev–Trinajstić information content (AvgIpc) is 3.02. The maximum absolute atomic E-state index is 14.6. The normalized spacial score (nSPS) is 13.4. The van der Waals surface area contributed by atoms with E-state index in [1.165, 1.54) is 16.7 Å². The summed E-state index contributed by atoms with van der Waals surface area (Å²) in [6.07, 6.45) is 2.86. The summed E-state index contributed by atoms with van der Waals surface area (Å²) >= 11 is 25.3. The van der Waals surface area contributed by atoms with Crippen LogP contribution < -0.4 is 10.5 Å². The van der Waals surface area contributed by atoms with E-state index in [9.17, 15) is 24.3 Å². The third kappa shape index (κ3) is 5.38. The topological polar surface area (TPSA) is 115 Å². The molecule has 0 spiro atoms. The second-order valence-corrected chi connectivity index (χ2v) is 12.2. The first-order valence-corrected chi connectivity index (χ1v) is 15.2. The Balaban J connectivity index is 1.93. The van der Waals surface area contributed by atoms with Gasteiger partial charge in [0.05, 0.1) is 43.4 Å². The quantitative estimate of drug-likeness (QED) is 0.136. The van der Waals surface area contributed by atoms with Crippen molar-refractivity contribution in [3.05, 3.63) is 84.1 Å². The van der Waals surface area contributed by atoms with Crippen molar-refractivity contribution >= 4 is 69.0 Å². The van der Waals surface area contributed by atoms with E-state index in [-0.39, 0.29) is 45.0 Å². The summed E-state index contributed by atoms with van der Waals surface area (Å²) in [6, 6.07) is 5.31. The maximum atomic E-state index is 14.6. The fourth-order valence-electron chi connectivity index (χ4n) is 5.48. The van der Waals surface area contributed by atoms with Crippen molar-refractivity contribution in [3.8, 4) is 28.8 Å². The van der Waals surface area contributed by atoms with E-state index in [1.54, 1.807) is 24.1 Å². The van der Waals surface area contributed by atoms with E-state index < -0.39 is 32.2 Å². The molecule has 0 unspecified atom stereocenters. The monoisotopic (exact) mass is 688 g/mol. The van der Waals surface area contributed by atoms with Gasteiger partial charge in [-0.1, -0.05) is 66.8 Å². The first kappa shape index (κ1) is 32.5. The molecular weight excluding hydrogens is 665 g/mol. The van der Waals surface area contributed by atoms with Crippen LogP contribution in [-0.4, -0.2) is 56.6 Å². The number of aryl methyl sites for hydroxylation is 1. The number of carbonyl (C=O) groups is 1. The van der Waals surface area contributed by atoms with Crippen LogP contribution in [0.25, 0.3) is 28.0 Å². The molecule has 1 amide bonds. The number of benzene rings is 1. The highest BCUT2D eigenvalue weighted by Crippen LogP contribution is 2.48. The highest BCUT2D eigenvalue weighted by atomic mass is 35.5. The Morgan fingerprint density at radius 1 is 1.13 bits per heavy atom. The fraction of sp³-hybridized carbons (Fsp3) is 0.258. The van der Waals surface area contributed by atoms with Gasteiger partial charge in [0.15, 0.2) is 5.82 Å². The first-order valence-electron chi connectivity index (χ1n) is 13.7. The van der Waals surface area contributed by atoms with Crippen molar-refractivity contribution in [3.63, 3.8) is 0 Å². The Kier molecular flexibility index (Phi) is 9.02. The summed E-state index contributed by atoms with van der Waals surface area (Å²) in [7, 11) is 0. The number of phenols is 1. The van der Waals surface area contributed by atoms with Gasteiger partial charge in [-0.15, -0.1) is 0 Å². The standard InChI is InChI=1S/C31H25Cl4FN6O3/c1-5-19(43)40-8-10-41(11-9-40)28-16-12-18(32)26(20-21(33)22(34)24(36)23(35)29(20)44)39-30(16)42(31(45)17(28)13-37)27-15(4)6-7-38-25(27)14(2)3/h5-7,12,14,44H,1,8-11H2,2-4H3. The fourth-order valence-corrected chi connectivity index (χ4v) is 6.41.